The molecule has 0 saturated carbocycles. The zero-order chi connectivity index (χ0) is 14.4. The van der Waals surface area contributed by atoms with Crippen molar-refractivity contribution in [3.05, 3.63) is 23.8 Å². The lowest BCUT2D eigenvalue weighted by Gasteiger charge is -2.17. The van der Waals surface area contributed by atoms with E-state index in [1.165, 1.54) is 0 Å². The Labute approximate surface area is 120 Å². The Morgan fingerprint density at radius 2 is 2.00 bits per heavy atom. The van der Waals surface area contributed by atoms with Crippen LogP contribution in [0.25, 0.3) is 0 Å². The molecule has 1 heterocycles. The average molecular weight is 280 g/mol. The molecule has 0 bridgehead atoms. The molecule has 1 aromatic rings. The van der Waals surface area contributed by atoms with E-state index in [-0.39, 0.29) is 6.10 Å². The summed E-state index contributed by atoms with van der Waals surface area (Å²) in [4.78, 5) is 0. The van der Waals surface area contributed by atoms with Crippen molar-refractivity contribution in [3.63, 3.8) is 0 Å². The van der Waals surface area contributed by atoms with E-state index >= 15 is 0 Å². The van der Waals surface area contributed by atoms with Gasteiger partial charge in [0.2, 0.25) is 0 Å². The van der Waals surface area contributed by atoms with Crippen molar-refractivity contribution in [2.24, 2.45) is 0 Å². The maximum atomic E-state index is 10.2. The summed E-state index contributed by atoms with van der Waals surface area (Å²) in [5.41, 5.74) is 0.804. The van der Waals surface area contributed by atoms with E-state index in [4.69, 9.17) is 14.2 Å². The van der Waals surface area contributed by atoms with Crippen LogP contribution in [0.3, 0.4) is 0 Å². The lowest BCUT2D eigenvalue weighted by atomic mass is 10.1. The Hall–Kier alpha value is -1.26. The first kappa shape index (κ1) is 15.1. The first-order valence-electron chi connectivity index (χ1n) is 7.40. The smallest absolute Gasteiger partial charge is 0.161 e. The summed E-state index contributed by atoms with van der Waals surface area (Å²) in [6.45, 7) is 5.79. The van der Waals surface area contributed by atoms with E-state index in [0.717, 1.165) is 30.6 Å². The highest BCUT2D eigenvalue weighted by Crippen LogP contribution is 2.32. The van der Waals surface area contributed by atoms with Gasteiger partial charge in [-0.05, 0) is 31.0 Å². The molecular weight excluding hydrogens is 256 g/mol. The highest BCUT2D eigenvalue weighted by Gasteiger charge is 2.15. The molecule has 1 aliphatic rings. The van der Waals surface area contributed by atoms with E-state index in [9.17, 15) is 5.11 Å². The van der Waals surface area contributed by atoms with Crippen molar-refractivity contribution < 1.29 is 19.3 Å². The van der Waals surface area contributed by atoms with Crippen LogP contribution in [-0.2, 0) is 4.74 Å². The molecule has 0 saturated heterocycles. The minimum absolute atomic E-state index is 0.176. The number of benzene rings is 1. The van der Waals surface area contributed by atoms with Crippen LogP contribution in [0, 0.1) is 0 Å². The van der Waals surface area contributed by atoms with Crippen molar-refractivity contribution >= 4 is 0 Å². The van der Waals surface area contributed by atoms with Gasteiger partial charge in [-0.1, -0.05) is 19.4 Å². The fourth-order valence-electron chi connectivity index (χ4n) is 2.23. The Morgan fingerprint density at radius 1 is 1.25 bits per heavy atom. The molecule has 20 heavy (non-hydrogen) atoms. The summed E-state index contributed by atoms with van der Waals surface area (Å²) in [5.74, 6) is 1.46. The number of aliphatic hydroxyl groups is 1. The molecule has 0 aliphatic carbocycles. The first-order chi connectivity index (χ1) is 9.70. The molecule has 4 nitrogen and oxygen atoms in total. The number of hydrogen-bond acceptors (Lipinski definition) is 4. The van der Waals surface area contributed by atoms with Gasteiger partial charge in [0.05, 0.1) is 25.9 Å². The van der Waals surface area contributed by atoms with E-state index in [1.54, 1.807) is 0 Å². The molecule has 4 heteroatoms. The maximum Gasteiger partial charge on any atom is 0.161 e. The third-order valence-corrected chi connectivity index (χ3v) is 3.39. The highest BCUT2D eigenvalue weighted by molar-refractivity contribution is 5.44. The molecule has 1 aliphatic heterocycles. The highest BCUT2D eigenvalue weighted by atomic mass is 16.5. The Kier molecular flexibility index (Phi) is 5.68. The van der Waals surface area contributed by atoms with Crippen LogP contribution in [0.1, 0.15) is 44.8 Å². The third-order valence-electron chi connectivity index (χ3n) is 3.39. The number of rotatable bonds is 6. The summed E-state index contributed by atoms with van der Waals surface area (Å²) >= 11 is 0. The molecule has 2 unspecified atom stereocenters. The fourth-order valence-corrected chi connectivity index (χ4v) is 2.23. The standard InChI is InChI=1S/C16H24O4/c1-3-5-12(2)20-11-14(17)13-6-7-15-16(10-13)19-9-4-8-18-15/h6-7,10,12,14,17H,3-5,8-9,11H2,1-2H3. The largest absolute Gasteiger partial charge is 0.490 e. The number of fused-ring (bicyclic) bond motifs is 1. The van der Waals surface area contributed by atoms with Crippen molar-refractivity contribution in [3.8, 4) is 11.5 Å². The van der Waals surface area contributed by atoms with Gasteiger partial charge in [-0.15, -0.1) is 0 Å². The monoisotopic (exact) mass is 280 g/mol. The van der Waals surface area contributed by atoms with Gasteiger partial charge in [-0.25, -0.2) is 0 Å². The molecule has 1 N–H and O–H groups in total. The van der Waals surface area contributed by atoms with E-state index < -0.39 is 6.10 Å². The van der Waals surface area contributed by atoms with E-state index in [1.807, 2.05) is 25.1 Å². The molecule has 0 radical (unpaired) electrons. The van der Waals surface area contributed by atoms with Crippen LogP contribution in [0.4, 0.5) is 0 Å². The van der Waals surface area contributed by atoms with Crippen molar-refractivity contribution in [2.45, 2.75) is 45.3 Å². The second-order valence-corrected chi connectivity index (χ2v) is 5.21. The minimum Gasteiger partial charge on any atom is -0.490 e. The second kappa shape index (κ2) is 7.50. The summed E-state index contributed by atoms with van der Waals surface area (Å²) in [7, 11) is 0. The Morgan fingerprint density at radius 3 is 2.75 bits per heavy atom. The molecule has 2 atom stereocenters. The van der Waals surface area contributed by atoms with Crippen LogP contribution >= 0.6 is 0 Å². The second-order valence-electron chi connectivity index (χ2n) is 5.21. The van der Waals surface area contributed by atoms with Crippen molar-refractivity contribution in [1.29, 1.82) is 0 Å². The summed E-state index contributed by atoms with van der Waals surface area (Å²) in [6.07, 6.45) is 2.51. The van der Waals surface area contributed by atoms with Gasteiger partial charge in [0, 0.05) is 6.42 Å². The van der Waals surface area contributed by atoms with Crippen LogP contribution in [0.5, 0.6) is 11.5 Å². The van der Waals surface area contributed by atoms with Gasteiger partial charge >= 0.3 is 0 Å². The molecule has 1 aromatic carbocycles. The summed E-state index contributed by atoms with van der Waals surface area (Å²) < 4.78 is 16.8. The molecule has 0 fully saturated rings. The molecule has 112 valence electrons. The molecule has 0 amide bonds. The van der Waals surface area contributed by atoms with E-state index in [2.05, 4.69) is 6.92 Å². The quantitative estimate of drug-likeness (QED) is 0.870. The normalized spacial score (nSPS) is 17.4. The lowest BCUT2D eigenvalue weighted by molar-refractivity contribution is -0.00591. The molecule has 2 rings (SSSR count). The van der Waals surface area contributed by atoms with Crippen LogP contribution < -0.4 is 9.47 Å². The zero-order valence-electron chi connectivity index (χ0n) is 12.3. The van der Waals surface area contributed by atoms with Gasteiger partial charge in [0.25, 0.3) is 0 Å². The lowest BCUT2D eigenvalue weighted by Crippen LogP contribution is -2.14. The van der Waals surface area contributed by atoms with Crippen LogP contribution in [0.15, 0.2) is 18.2 Å². The van der Waals surface area contributed by atoms with Crippen molar-refractivity contribution in [1.82, 2.24) is 0 Å². The Bertz CT molecular complexity index is 419. The predicted molar refractivity (Wildman–Crippen MR) is 77.3 cm³/mol. The summed E-state index contributed by atoms with van der Waals surface area (Å²) in [5, 5.41) is 10.2. The van der Waals surface area contributed by atoms with Gasteiger partial charge in [0.15, 0.2) is 11.5 Å². The minimum atomic E-state index is -0.633. The van der Waals surface area contributed by atoms with Gasteiger partial charge in [-0.2, -0.15) is 0 Å². The fraction of sp³-hybridized carbons (Fsp3) is 0.625. The maximum absolute atomic E-state index is 10.2. The van der Waals surface area contributed by atoms with Crippen LogP contribution in [0.2, 0.25) is 0 Å². The SMILES string of the molecule is CCCC(C)OCC(O)c1ccc2c(c1)OCCCO2. The Balaban J connectivity index is 1.96. The van der Waals surface area contributed by atoms with Crippen LogP contribution in [-0.4, -0.2) is 31.0 Å². The number of ether oxygens (including phenoxy) is 3. The molecular formula is C16H24O4. The molecule has 0 spiro atoms. The zero-order valence-corrected chi connectivity index (χ0v) is 12.3. The van der Waals surface area contributed by atoms with Crippen molar-refractivity contribution in [2.75, 3.05) is 19.8 Å². The van der Waals surface area contributed by atoms with Gasteiger partial charge in [-0.3, -0.25) is 0 Å². The molecule has 0 aromatic heterocycles. The first-order valence-corrected chi connectivity index (χ1v) is 7.40. The average Bonchev–Trinajstić information content (AvgIpc) is 2.69. The number of aliphatic hydroxyl groups excluding tert-OH is 1. The number of hydrogen-bond donors (Lipinski definition) is 1. The van der Waals surface area contributed by atoms with E-state index in [0.29, 0.717) is 25.6 Å². The summed E-state index contributed by atoms with van der Waals surface area (Å²) in [6, 6.07) is 5.57. The topological polar surface area (TPSA) is 47.9 Å². The van der Waals surface area contributed by atoms with Gasteiger partial charge in [0.1, 0.15) is 6.10 Å². The van der Waals surface area contributed by atoms with Gasteiger partial charge < -0.3 is 19.3 Å². The predicted octanol–water partition coefficient (Wildman–Crippen LogP) is 3.09. The third kappa shape index (κ3) is 4.12.